The van der Waals surface area contributed by atoms with Crippen LogP contribution in [0, 0.1) is 0 Å². The van der Waals surface area contributed by atoms with Crippen LogP contribution >= 0.6 is 9.39 Å². The first-order valence-corrected chi connectivity index (χ1v) is 5.79. The number of hydrogen-bond acceptors (Lipinski definition) is 1. The Hall–Kier alpha value is 0.130. The summed E-state index contributed by atoms with van der Waals surface area (Å²) in [6.45, 7) is 9.90. The quantitative estimate of drug-likeness (QED) is 0.487. The highest BCUT2D eigenvalue weighted by Gasteiger charge is 2.30. The van der Waals surface area contributed by atoms with E-state index in [1.54, 1.807) is 0 Å². The fourth-order valence-corrected chi connectivity index (χ4v) is 2.46. The second-order valence-corrected chi connectivity index (χ2v) is 5.06. The van der Waals surface area contributed by atoms with Crippen LogP contribution in [0.1, 0.15) is 46.0 Å². The van der Waals surface area contributed by atoms with Gasteiger partial charge in [-0.1, -0.05) is 34.9 Å². The smallest absolute Gasteiger partial charge is 0.0216 e. The Morgan fingerprint density at radius 1 is 1.54 bits per heavy atom. The van der Waals surface area contributed by atoms with Crippen molar-refractivity contribution in [1.29, 1.82) is 0 Å². The average molecular weight is 199 g/mol. The Balaban J connectivity index is 2.65. The molecule has 2 atom stereocenters. The van der Waals surface area contributed by atoms with Crippen molar-refractivity contribution >= 4 is 9.39 Å². The van der Waals surface area contributed by atoms with Gasteiger partial charge in [0.05, 0.1) is 0 Å². The molecule has 0 amide bonds. The predicted octanol–water partition coefficient (Wildman–Crippen LogP) is 3.38. The van der Waals surface area contributed by atoms with Gasteiger partial charge in [-0.05, 0) is 32.6 Å². The lowest BCUT2D eigenvalue weighted by molar-refractivity contribution is 0.206. The van der Waals surface area contributed by atoms with Gasteiger partial charge < -0.3 is 0 Å². The van der Waals surface area contributed by atoms with Crippen molar-refractivity contribution in [2.45, 2.75) is 51.5 Å². The molecule has 1 saturated heterocycles. The average Bonchev–Trinajstić information content (AvgIpc) is 2.20. The molecular formula is C11H22NP. The van der Waals surface area contributed by atoms with Crippen LogP contribution in [0.2, 0.25) is 0 Å². The first-order chi connectivity index (χ1) is 6.08. The Morgan fingerprint density at radius 2 is 2.23 bits per heavy atom. The minimum atomic E-state index is 0.388. The van der Waals surface area contributed by atoms with Crippen LogP contribution < -0.4 is 0 Å². The van der Waals surface area contributed by atoms with Gasteiger partial charge in [0.2, 0.25) is 0 Å². The van der Waals surface area contributed by atoms with E-state index < -0.39 is 0 Å². The van der Waals surface area contributed by atoms with Gasteiger partial charge in [0.25, 0.3) is 0 Å². The molecule has 76 valence electrons. The third-order valence-electron chi connectivity index (χ3n) is 3.21. The van der Waals surface area contributed by atoms with Crippen LogP contribution in [0.15, 0.2) is 12.2 Å². The topological polar surface area (TPSA) is 3.24 Å². The van der Waals surface area contributed by atoms with Crippen LogP contribution in [0.4, 0.5) is 0 Å². The summed E-state index contributed by atoms with van der Waals surface area (Å²) in [7, 11) is 2.89. The SMILES string of the molecule is C=C1CCN(P)C(C)(CCC)CC1. The van der Waals surface area contributed by atoms with Crippen molar-refractivity contribution < 1.29 is 0 Å². The molecule has 1 aliphatic rings. The summed E-state index contributed by atoms with van der Waals surface area (Å²) in [6.07, 6.45) is 6.21. The number of hydrogen-bond donors (Lipinski definition) is 0. The molecule has 0 aliphatic carbocycles. The molecule has 1 nitrogen and oxygen atoms in total. The van der Waals surface area contributed by atoms with E-state index in [0.717, 1.165) is 6.54 Å². The minimum Gasteiger partial charge on any atom is -0.281 e. The van der Waals surface area contributed by atoms with Crippen LogP contribution in [-0.2, 0) is 0 Å². The van der Waals surface area contributed by atoms with Crippen molar-refractivity contribution in [3.8, 4) is 0 Å². The third kappa shape index (κ3) is 2.79. The zero-order chi connectivity index (χ0) is 9.90. The van der Waals surface area contributed by atoms with E-state index in [-0.39, 0.29) is 0 Å². The molecular weight excluding hydrogens is 177 g/mol. The van der Waals surface area contributed by atoms with Crippen molar-refractivity contribution in [2.75, 3.05) is 6.54 Å². The molecule has 0 radical (unpaired) electrons. The first kappa shape index (κ1) is 11.2. The lowest BCUT2D eigenvalue weighted by atomic mass is 9.90. The molecule has 0 aromatic rings. The summed E-state index contributed by atoms with van der Waals surface area (Å²) in [5, 5.41) is 0. The zero-order valence-corrected chi connectivity index (χ0v) is 10.1. The largest absolute Gasteiger partial charge is 0.281 e. The van der Waals surface area contributed by atoms with Crippen molar-refractivity contribution in [3.63, 3.8) is 0 Å². The molecule has 1 aliphatic heterocycles. The molecule has 0 bridgehead atoms. The Kier molecular flexibility index (Phi) is 3.94. The summed E-state index contributed by atoms with van der Waals surface area (Å²) in [6, 6.07) is 0. The van der Waals surface area contributed by atoms with Gasteiger partial charge in [-0.2, -0.15) is 0 Å². The second kappa shape index (κ2) is 4.57. The predicted molar refractivity (Wildman–Crippen MR) is 62.7 cm³/mol. The Bertz CT molecular complexity index is 191. The lowest BCUT2D eigenvalue weighted by Gasteiger charge is -2.37. The van der Waals surface area contributed by atoms with Gasteiger partial charge in [-0.3, -0.25) is 4.67 Å². The van der Waals surface area contributed by atoms with E-state index in [1.165, 1.54) is 37.7 Å². The van der Waals surface area contributed by atoms with Crippen LogP contribution in [0.5, 0.6) is 0 Å². The van der Waals surface area contributed by atoms with E-state index in [0.29, 0.717) is 5.54 Å². The summed E-state index contributed by atoms with van der Waals surface area (Å²) >= 11 is 0. The molecule has 0 aromatic carbocycles. The molecule has 13 heavy (non-hydrogen) atoms. The molecule has 1 fully saturated rings. The number of nitrogens with zero attached hydrogens (tertiary/aromatic N) is 1. The van der Waals surface area contributed by atoms with Crippen molar-refractivity contribution in [2.24, 2.45) is 0 Å². The highest BCUT2D eigenvalue weighted by molar-refractivity contribution is 7.13. The zero-order valence-electron chi connectivity index (χ0n) is 8.97. The molecule has 0 spiro atoms. The molecule has 1 heterocycles. The monoisotopic (exact) mass is 199 g/mol. The fraction of sp³-hybridized carbons (Fsp3) is 0.818. The van der Waals surface area contributed by atoms with E-state index in [2.05, 4.69) is 34.5 Å². The highest BCUT2D eigenvalue weighted by atomic mass is 31.0. The van der Waals surface area contributed by atoms with Crippen molar-refractivity contribution in [1.82, 2.24) is 4.67 Å². The van der Waals surface area contributed by atoms with E-state index >= 15 is 0 Å². The summed E-state index contributed by atoms with van der Waals surface area (Å²) in [5.41, 5.74) is 1.81. The molecule has 1 rings (SSSR count). The van der Waals surface area contributed by atoms with E-state index in [4.69, 9.17) is 0 Å². The van der Waals surface area contributed by atoms with Gasteiger partial charge in [-0.15, -0.1) is 0 Å². The third-order valence-corrected chi connectivity index (χ3v) is 4.09. The molecule has 0 aromatic heterocycles. The summed E-state index contributed by atoms with van der Waals surface area (Å²) < 4.78 is 2.44. The Labute approximate surface area is 84.8 Å². The maximum atomic E-state index is 4.10. The van der Waals surface area contributed by atoms with Crippen LogP contribution in [0.25, 0.3) is 0 Å². The molecule has 2 heteroatoms. The highest BCUT2D eigenvalue weighted by Crippen LogP contribution is 2.34. The normalized spacial score (nSPS) is 31.8. The second-order valence-electron chi connectivity index (χ2n) is 4.44. The summed E-state index contributed by atoms with van der Waals surface area (Å²) in [4.78, 5) is 0. The van der Waals surface area contributed by atoms with Gasteiger partial charge in [0.15, 0.2) is 0 Å². The van der Waals surface area contributed by atoms with Crippen LogP contribution in [0.3, 0.4) is 0 Å². The van der Waals surface area contributed by atoms with Gasteiger partial charge in [0.1, 0.15) is 0 Å². The molecule has 0 N–H and O–H groups in total. The van der Waals surface area contributed by atoms with Crippen molar-refractivity contribution in [3.05, 3.63) is 12.2 Å². The fourth-order valence-electron chi connectivity index (χ4n) is 2.07. The molecule has 2 unspecified atom stereocenters. The minimum absolute atomic E-state index is 0.388. The van der Waals surface area contributed by atoms with Gasteiger partial charge in [-0.25, -0.2) is 0 Å². The van der Waals surface area contributed by atoms with E-state index in [9.17, 15) is 0 Å². The Morgan fingerprint density at radius 3 is 2.85 bits per heavy atom. The van der Waals surface area contributed by atoms with Gasteiger partial charge in [0, 0.05) is 12.1 Å². The first-order valence-electron chi connectivity index (χ1n) is 5.27. The summed E-state index contributed by atoms with van der Waals surface area (Å²) in [5.74, 6) is 0. The standard InChI is InChI=1S/C11H22NP/c1-4-7-11(3)8-5-10(2)6-9-12(11)13/h2,4-9,13H2,1,3H3. The maximum absolute atomic E-state index is 4.10. The lowest BCUT2D eigenvalue weighted by Crippen LogP contribution is -2.39. The number of rotatable bonds is 2. The van der Waals surface area contributed by atoms with Gasteiger partial charge >= 0.3 is 0 Å². The maximum Gasteiger partial charge on any atom is 0.0216 e. The van der Waals surface area contributed by atoms with E-state index in [1.807, 2.05) is 0 Å². The van der Waals surface area contributed by atoms with Crippen LogP contribution in [-0.4, -0.2) is 16.8 Å². The molecule has 0 saturated carbocycles.